The lowest BCUT2D eigenvalue weighted by molar-refractivity contribution is -0.870. The molecule has 0 aromatic rings. The van der Waals surface area contributed by atoms with E-state index in [9.17, 15) is 19.0 Å². The smallest absolute Gasteiger partial charge is 0.306 e. The maximum Gasteiger partial charge on any atom is 0.306 e. The number of rotatable bonds is 64. The summed E-state index contributed by atoms with van der Waals surface area (Å²) < 4.78 is 30.4. The number of carbonyl (C=O) groups is 2. The Morgan fingerprint density at radius 2 is 0.734 bits per heavy atom. The molecular weight excluding hydrogens is 1000 g/mol. The van der Waals surface area contributed by atoms with Crippen LogP contribution in [0.25, 0.3) is 0 Å². The van der Waals surface area contributed by atoms with Gasteiger partial charge in [-0.2, -0.15) is 0 Å². The third-order valence-electron chi connectivity index (χ3n) is 15.9. The first kappa shape index (κ1) is 77.5. The summed E-state index contributed by atoms with van der Waals surface area (Å²) >= 11 is 0. The second-order valence-corrected chi connectivity index (χ2v) is 26.5. The molecule has 0 saturated carbocycles. The number of carbonyl (C=O) groups excluding carboxylic acids is 2. The molecule has 3 unspecified atom stereocenters. The van der Waals surface area contributed by atoms with Crippen LogP contribution >= 0.6 is 7.82 Å². The summed E-state index contributed by atoms with van der Waals surface area (Å²) in [6.45, 7) is 6.90. The van der Waals surface area contributed by atoms with Gasteiger partial charge in [0, 0.05) is 12.8 Å². The number of allylic oxidation sites excluding steroid dienone is 3. The Morgan fingerprint density at radius 3 is 1.08 bits per heavy atom. The van der Waals surface area contributed by atoms with Gasteiger partial charge in [-0.15, -0.1) is 0 Å². The number of hydrogen-bond donors (Lipinski definition) is 1. The number of ether oxygens (including phenoxy) is 1. The van der Waals surface area contributed by atoms with Gasteiger partial charge in [0.05, 0.1) is 33.8 Å². The molecule has 9 nitrogen and oxygen atoms in total. The van der Waals surface area contributed by atoms with Crippen molar-refractivity contribution in [2.24, 2.45) is 0 Å². The summed E-state index contributed by atoms with van der Waals surface area (Å²) in [6, 6.07) is -0.882. The first-order valence-electron chi connectivity index (χ1n) is 34.6. The van der Waals surface area contributed by atoms with Crippen LogP contribution in [0, 0.1) is 0 Å². The fraction of sp³-hybridized carbons (Fsp3) is 0.913. The fourth-order valence-electron chi connectivity index (χ4n) is 10.5. The summed E-state index contributed by atoms with van der Waals surface area (Å²) in [5, 5.41) is 3.04. The Kier molecular flexibility index (Phi) is 58.5. The van der Waals surface area contributed by atoms with E-state index in [0.29, 0.717) is 17.4 Å². The van der Waals surface area contributed by atoms with Crippen molar-refractivity contribution in [2.45, 2.75) is 367 Å². The van der Waals surface area contributed by atoms with E-state index in [4.69, 9.17) is 13.8 Å². The van der Waals surface area contributed by atoms with E-state index in [1.54, 1.807) is 0 Å². The molecule has 10 heteroatoms. The van der Waals surface area contributed by atoms with Gasteiger partial charge in [0.25, 0.3) is 7.82 Å². The molecule has 3 atom stereocenters. The maximum absolute atomic E-state index is 13.6. The van der Waals surface area contributed by atoms with Gasteiger partial charge < -0.3 is 28.5 Å². The minimum Gasteiger partial charge on any atom is -0.756 e. The summed E-state index contributed by atoms with van der Waals surface area (Å²) in [7, 11) is 1.21. The average molecular weight is 1140 g/mol. The van der Waals surface area contributed by atoms with Gasteiger partial charge in [-0.05, 0) is 57.4 Å². The molecule has 0 rings (SSSR count). The summed E-state index contributed by atoms with van der Waals surface area (Å²) in [5.74, 6) is -0.520. The predicted octanol–water partition coefficient (Wildman–Crippen LogP) is 21.0. The molecule has 79 heavy (non-hydrogen) atoms. The van der Waals surface area contributed by atoms with Gasteiger partial charge >= 0.3 is 5.97 Å². The lowest BCUT2D eigenvalue weighted by Gasteiger charge is -2.30. The van der Waals surface area contributed by atoms with E-state index < -0.39 is 20.0 Å². The molecule has 0 heterocycles. The van der Waals surface area contributed by atoms with Gasteiger partial charge in [-0.25, -0.2) is 0 Å². The molecule has 0 aliphatic carbocycles. The molecule has 0 bridgehead atoms. The van der Waals surface area contributed by atoms with Crippen molar-refractivity contribution in [1.82, 2.24) is 5.32 Å². The van der Waals surface area contributed by atoms with Crippen LogP contribution in [0.2, 0.25) is 0 Å². The highest BCUT2D eigenvalue weighted by Crippen LogP contribution is 2.38. The van der Waals surface area contributed by atoms with Crippen molar-refractivity contribution in [3.63, 3.8) is 0 Å². The van der Waals surface area contributed by atoms with Crippen LogP contribution in [0.3, 0.4) is 0 Å². The normalized spacial score (nSPS) is 13.7. The number of nitrogens with one attached hydrogen (secondary N) is 1. The Bertz CT molecular complexity index is 1400. The van der Waals surface area contributed by atoms with Crippen LogP contribution in [0.1, 0.15) is 355 Å². The van der Waals surface area contributed by atoms with Crippen LogP contribution < -0.4 is 10.2 Å². The number of nitrogens with zero attached hydrogens (tertiary/aromatic N) is 1. The Hall–Kier alpha value is -1.51. The second-order valence-electron chi connectivity index (χ2n) is 25.0. The molecule has 0 aromatic heterocycles. The standard InChI is InChI=1S/C69H135N2O7P/c1-7-10-13-16-19-22-25-27-29-31-33-34-35-36-38-40-42-44-47-50-53-56-59-62-69(73)78-67(60-57-54-51-48-45-24-21-18-15-12-9-3)66(65-77-79(74,75)76-64-63-71(4,5)6)70-68(72)61-58-55-52-49-46-43-41-39-37-32-30-28-26-23-20-17-14-11-8-2/h27,29,57,60,66-67H,7-26,28,30-56,58-59,61-65H2,1-6H3,(H-,70,72,74,75)/b29-27+,60-57+. The highest BCUT2D eigenvalue weighted by Gasteiger charge is 2.27. The van der Waals surface area contributed by atoms with Crippen molar-refractivity contribution in [3.05, 3.63) is 24.3 Å². The van der Waals surface area contributed by atoms with Gasteiger partial charge in [0.15, 0.2) is 0 Å². The monoisotopic (exact) mass is 1140 g/mol. The number of amides is 1. The number of phosphoric acid groups is 1. The molecule has 0 aliphatic heterocycles. The number of phosphoric ester groups is 1. The van der Waals surface area contributed by atoms with Gasteiger partial charge in [0.2, 0.25) is 5.91 Å². The quantitative estimate of drug-likeness (QED) is 0.0212. The van der Waals surface area contributed by atoms with E-state index in [1.807, 2.05) is 33.3 Å². The molecule has 0 fully saturated rings. The zero-order chi connectivity index (χ0) is 57.9. The van der Waals surface area contributed by atoms with Gasteiger partial charge in [-0.3, -0.25) is 14.2 Å². The second kappa shape index (κ2) is 59.6. The molecule has 468 valence electrons. The van der Waals surface area contributed by atoms with Crippen LogP contribution in [0.5, 0.6) is 0 Å². The highest BCUT2D eigenvalue weighted by atomic mass is 31.2. The summed E-state index contributed by atoms with van der Waals surface area (Å²) in [6.07, 6.45) is 71.6. The zero-order valence-electron chi connectivity index (χ0n) is 53.6. The molecular formula is C69H135N2O7P. The molecule has 1 amide bonds. The Morgan fingerprint density at radius 1 is 0.430 bits per heavy atom. The van der Waals surface area contributed by atoms with E-state index in [0.717, 1.165) is 57.8 Å². The molecule has 0 aliphatic rings. The molecule has 1 N–H and O–H groups in total. The third-order valence-corrected chi connectivity index (χ3v) is 16.8. The van der Waals surface area contributed by atoms with Crippen molar-refractivity contribution in [3.8, 4) is 0 Å². The Labute approximate surface area is 492 Å². The van der Waals surface area contributed by atoms with E-state index in [1.165, 1.54) is 263 Å². The maximum atomic E-state index is 13.6. The van der Waals surface area contributed by atoms with Gasteiger partial charge in [0.1, 0.15) is 19.3 Å². The largest absolute Gasteiger partial charge is 0.756 e. The lowest BCUT2D eigenvalue weighted by atomic mass is 10.0. The molecule has 0 radical (unpaired) electrons. The number of esters is 1. The lowest BCUT2D eigenvalue weighted by Crippen LogP contribution is -2.47. The summed E-state index contributed by atoms with van der Waals surface area (Å²) in [4.78, 5) is 40.1. The van der Waals surface area contributed by atoms with Crippen LogP contribution in [0.15, 0.2) is 24.3 Å². The first-order chi connectivity index (χ1) is 38.4. The Balaban J connectivity index is 5.03. The number of likely N-dealkylation sites (N-methyl/N-ethyl adjacent to an activating group) is 1. The van der Waals surface area contributed by atoms with Crippen molar-refractivity contribution >= 4 is 19.7 Å². The van der Waals surface area contributed by atoms with E-state index in [-0.39, 0.29) is 31.5 Å². The fourth-order valence-corrected chi connectivity index (χ4v) is 11.2. The third kappa shape index (κ3) is 60.9. The molecule has 0 saturated heterocycles. The zero-order valence-corrected chi connectivity index (χ0v) is 54.5. The van der Waals surface area contributed by atoms with E-state index >= 15 is 0 Å². The number of unbranched alkanes of at least 4 members (excludes halogenated alkanes) is 46. The van der Waals surface area contributed by atoms with Crippen LogP contribution in [-0.2, 0) is 27.9 Å². The number of hydrogen-bond acceptors (Lipinski definition) is 7. The SMILES string of the molecule is CCCCCCCC/C=C/CCCCCCCCCCCCCCCC(=O)OC(/C=C/CCCCCCCCCCC)C(COP(=O)([O-])OCC[N+](C)(C)C)NC(=O)CCCCCCCCCCCCCCCCCCCCC. The van der Waals surface area contributed by atoms with Gasteiger partial charge in [-0.1, -0.05) is 309 Å². The number of quaternary nitrogens is 1. The topological polar surface area (TPSA) is 114 Å². The highest BCUT2D eigenvalue weighted by molar-refractivity contribution is 7.45. The summed E-state index contributed by atoms with van der Waals surface area (Å²) in [5.41, 5.74) is 0. The average Bonchev–Trinajstić information content (AvgIpc) is 3.41. The van der Waals surface area contributed by atoms with Crippen molar-refractivity contribution < 1.29 is 37.3 Å². The molecule has 0 aromatic carbocycles. The van der Waals surface area contributed by atoms with Crippen molar-refractivity contribution in [1.29, 1.82) is 0 Å². The predicted molar refractivity (Wildman–Crippen MR) is 340 cm³/mol. The molecule has 0 spiro atoms. The van der Waals surface area contributed by atoms with Crippen LogP contribution in [-0.4, -0.2) is 69.4 Å². The van der Waals surface area contributed by atoms with Crippen molar-refractivity contribution in [2.75, 3.05) is 40.9 Å². The minimum atomic E-state index is -4.69. The van der Waals surface area contributed by atoms with E-state index in [2.05, 4.69) is 38.2 Å². The minimum absolute atomic E-state index is 0.0181. The first-order valence-corrected chi connectivity index (χ1v) is 36.1. The van der Waals surface area contributed by atoms with Crippen LogP contribution in [0.4, 0.5) is 0 Å².